The van der Waals surface area contributed by atoms with Crippen LogP contribution in [0.4, 0.5) is 0 Å². The number of nitrogens with one attached hydrogen (secondary N) is 1. The van der Waals surface area contributed by atoms with Gasteiger partial charge in [0, 0.05) is 6.04 Å². The van der Waals surface area contributed by atoms with Gasteiger partial charge >= 0.3 is 0 Å². The van der Waals surface area contributed by atoms with Crippen molar-refractivity contribution in [3.8, 4) is 11.5 Å². The van der Waals surface area contributed by atoms with Crippen molar-refractivity contribution in [3.05, 3.63) is 23.8 Å². The summed E-state index contributed by atoms with van der Waals surface area (Å²) in [5, 5.41) is 12.8. The molecule has 4 heteroatoms. The average molecular weight is 237 g/mol. The highest BCUT2D eigenvalue weighted by Gasteiger charge is 2.25. The van der Waals surface area contributed by atoms with Gasteiger partial charge in [-0.25, -0.2) is 0 Å². The number of benzene rings is 1. The van der Waals surface area contributed by atoms with E-state index in [4.69, 9.17) is 9.47 Å². The summed E-state index contributed by atoms with van der Waals surface area (Å²) in [6, 6.07) is 6.26. The maximum atomic E-state index is 9.41. The van der Waals surface area contributed by atoms with Gasteiger partial charge < -0.3 is 19.9 Å². The van der Waals surface area contributed by atoms with Gasteiger partial charge in [0.05, 0.1) is 26.9 Å². The first-order valence-electron chi connectivity index (χ1n) is 5.87. The van der Waals surface area contributed by atoms with Gasteiger partial charge in [0.15, 0.2) is 11.5 Å². The maximum absolute atomic E-state index is 9.41. The van der Waals surface area contributed by atoms with Crippen LogP contribution in [-0.4, -0.2) is 32.0 Å². The second kappa shape index (κ2) is 5.38. The van der Waals surface area contributed by atoms with E-state index < -0.39 is 0 Å². The highest BCUT2D eigenvalue weighted by atomic mass is 16.5. The Kier molecular flexibility index (Phi) is 3.86. The van der Waals surface area contributed by atoms with Crippen molar-refractivity contribution in [3.63, 3.8) is 0 Å². The number of ether oxygens (including phenoxy) is 2. The van der Waals surface area contributed by atoms with E-state index in [0.717, 1.165) is 5.56 Å². The second-order valence-electron chi connectivity index (χ2n) is 4.29. The second-order valence-corrected chi connectivity index (χ2v) is 4.29. The molecule has 0 heterocycles. The highest BCUT2D eigenvalue weighted by Crippen LogP contribution is 2.31. The first kappa shape index (κ1) is 12.2. The Hall–Kier alpha value is -1.26. The number of aliphatic hydroxyl groups is 1. The molecule has 0 amide bonds. The van der Waals surface area contributed by atoms with E-state index in [0.29, 0.717) is 17.5 Å². The van der Waals surface area contributed by atoms with E-state index in [2.05, 4.69) is 5.32 Å². The molecule has 0 radical (unpaired) electrons. The summed E-state index contributed by atoms with van der Waals surface area (Å²) >= 11 is 0. The van der Waals surface area contributed by atoms with Crippen molar-refractivity contribution in [1.29, 1.82) is 0 Å². The molecule has 0 saturated heterocycles. The molecule has 94 valence electrons. The molecule has 0 bridgehead atoms. The minimum Gasteiger partial charge on any atom is -0.493 e. The van der Waals surface area contributed by atoms with Gasteiger partial charge in [-0.05, 0) is 30.5 Å². The zero-order chi connectivity index (χ0) is 12.3. The molecule has 1 saturated carbocycles. The molecule has 1 aromatic carbocycles. The Bertz CT molecular complexity index is 377. The third-order valence-electron chi connectivity index (χ3n) is 3.01. The van der Waals surface area contributed by atoms with Gasteiger partial charge in [-0.3, -0.25) is 0 Å². The Morgan fingerprint density at radius 1 is 1.29 bits per heavy atom. The van der Waals surface area contributed by atoms with Crippen LogP contribution in [0, 0.1) is 0 Å². The molecule has 1 aliphatic carbocycles. The molecular formula is C13H19NO3. The van der Waals surface area contributed by atoms with Crippen LogP contribution in [0.25, 0.3) is 0 Å². The van der Waals surface area contributed by atoms with Crippen LogP contribution >= 0.6 is 0 Å². The van der Waals surface area contributed by atoms with Gasteiger partial charge in [-0.15, -0.1) is 0 Å². The van der Waals surface area contributed by atoms with E-state index in [-0.39, 0.29) is 12.6 Å². The van der Waals surface area contributed by atoms with Gasteiger partial charge in [-0.2, -0.15) is 0 Å². The molecule has 17 heavy (non-hydrogen) atoms. The van der Waals surface area contributed by atoms with E-state index in [1.165, 1.54) is 12.8 Å². The van der Waals surface area contributed by atoms with E-state index >= 15 is 0 Å². The van der Waals surface area contributed by atoms with Crippen molar-refractivity contribution >= 4 is 0 Å². The molecule has 1 unspecified atom stereocenters. The summed E-state index contributed by atoms with van der Waals surface area (Å²) < 4.78 is 10.4. The first-order chi connectivity index (χ1) is 8.28. The van der Waals surface area contributed by atoms with Crippen LogP contribution in [0.3, 0.4) is 0 Å². The third-order valence-corrected chi connectivity index (χ3v) is 3.01. The van der Waals surface area contributed by atoms with E-state index in [1.54, 1.807) is 14.2 Å². The van der Waals surface area contributed by atoms with Gasteiger partial charge in [-0.1, -0.05) is 6.07 Å². The molecule has 2 rings (SSSR count). The van der Waals surface area contributed by atoms with Crippen molar-refractivity contribution in [1.82, 2.24) is 5.32 Å². The predicted octanol–water partition coefficient (Wildman–Crippen LogP) is 1.49. The van der Waals surface area contributed by atoms with E-state index in [1.807, 2.05) is 18.2 Å². The summed E-state index contributed by atoms with van der Waals surface area (Å²) in [6.07, 6.45) is 2.40. The summed E-state index contributed by atoms with van der Waals surface area (Å²) in [6.45, 7) is 0.0893. The summed E-state index contributed by atoms with van der Waals surface area (Å²) in [5.41, 5.74) is 1.03. The van der Waals surface area contributed by atoms with Crippen LogP contribution < -0.4 is 14.8 Å². The van der Waals surface area contributed by atoms with Crippen molar-refractivity contribution in [2.24, 2.45) is 0 Å². The molecule has 0 aliphatic heterocycles. The molecular weight excluding hydrogens is 218 g/mol. The zero-order valence-corrected chi connectivity index (χ0v) is 10.3. The largest absolute Gasteiger partial charge is 0.493 e. The predicted molar refractivity (Wildman–Crippen MR) is 65.5 cm³/mol. The lowest BCUT2D eigenvalue weighted by Crippen LogP contribution is -2.26. The Morgan fingerprint density at radius 3 is 2.53 bits per heavy atom. The van der Waals surface area contributed by atoms with Crippen LogP contribution in [0.15, 0.2) is 18.2 Å². The smallest absolute Gasteiger partial charge is 0.161 e. The molecule has 1 aromatic rings. The number of methoxy groups -OCH3 is 2. The normalized spacial score (nSPS) is 16.6. The zero-order valence-electron chi connectivity index (χ0n) is 10.3. The third kappa shape index (κ3) is 2.90. The quantitative estimate of drug-likeness (QED) is 0.787. The minimum atomic E-state index is -0.0256. The fraction of sp³-hybridized carbons (Fsp3) is 0.538. The summed E-state index contributed by atoms with van der Waals surface area (Å²) in [7, 11) is 3.23. The summed E-state index contributed by atoms with van der Waals surface area (Å²) in [4.78, 5) is 0. The molecule has 1 atom stereocenters. The van der Waals surface area contributed by atoms with Crippen molar-refractivity contribution in [2.75, 3.05) is 20.8 Å². The van der Waals surface area contributed by atoms with Gasteiger partial charge in [0.1, 0.15) is 0 Å². The molecule has 1 fully saturated rings. The minimum absolute atomic E-state index is 0.0256. The summed E-state index contributed by atoms with van der Waals surface area (Å²) in [5.74, 6) is 1.40. The Balaban J connectivity index is 2.17. The fourth-order valence-electron chi connectivity index (χ4n) is 1.86. The number of aliphatic hydroxyl groups excluding tert-OH is 1. The lowest BCUT2D eigenvalue weighted by atomic mass is 10.1. The SMILES string of the molecule is COc1ccc(C(CO)NC2CC2)cc1OC. The van der Waals surface area contributed by atoms with Crippen LogP contribution in [0.5, 0.6) is 11.5 Å². The maximum Gasteiger partial charge on any atom is 0.161 e. The fourth-order valence-corrected chi connectivity index (χ4v) is 1.86. The molecule has 0 aromatic heterocycles. The lowest BCUT2D eigenvalue weighted by Gasteiger charge is -2.18. The van der Waals surface area contributed by atoms with Crippen molar-refractivity contribution < 1.29 is 14.6 Å². The monoisotopic (exact) mass is 237 g/mol. The Morgan fingerprint density at radius 2 is 2.00 bits per heavy atom. The van der Waals surface area contributed by atoms with Crippen molar-refractivity contribution in [2.45, 2.75) is 24.9 Å². The first-order valence-corrected chi connectivity index (χ1v) is 5.87. The van der Waals surface area contributed by atoms with Crippen LogP contribution in [-0.2, 0) is 0 Å². The number of rotatable bonds is 6. The molecule has 2 N–H and O–H groups in total. The van der Waals surface area contributed by atoms with Gasteiger partial charge in [0.2, 0.25) is 0 Å². The molecule has 4 nitrogen and oxygen atoms in total. The van der Waals surface area contributed by atoms with E-state index in [9.17, 15) is 5.11 Å². The Labute approximate surface area is 102 Å². The molecule has 1 aliphatic rings. The average Bonchev–Trinajstić information content (AvgIpc) is 3.19. The molecule has 0 spiro atoms. The van der Waals surface area contributed by atoms with Gasteiger partial charge in [0.25, 0.3) is 0 Å². The highest BCUT2D eigenvalue weighted by molar-refractivity contribution is 5.43. The standard InChI is InChI=1S/C13H19NO3/c1-16-12-6-3-9(7-13(12)17-2)11(8-15)14-10-4-5-10/h3,6-7,10-11,14-15H,4-5,8H2,1-2H3. The lowest BCUT2D eigenvalue weighted by molar-refractivity contribution is 0.243. The number of hydrogen-bond acceptors (Lipinski definition) is 4. The number of hydrogen-bond donors (Lipinski definition) is 2. The topological polar surface area (TPSA) is 50.7 Å². The van der Waals surface area contributed by atoms with Crippen LogP contribution in [0.1, 0.15) is 24.4 Å². The van der Waals surface area contributed by atoms with Crippen LogP contribution in [0.2, 0.25) is 0 Å².